The van der Waals surface area contributed by atoms with Crippen LogP contribution in [0.4, 0.5) is 0 Å². The Kier molecular flexibility index (Phi) is 3.11. The van der Waals surface area contributed by atoms with Crippen molar-refractivity contribution in [1.29, 1.82) is 0 Å². The van der Waals surface area contributed by atoms with Gasteiger partial charge in [-0.05, 0) is 28.9 Å². The molecule has 0 saturated carbocycles. The van der Waals surface area contributed by atoms with E-state index in [1.807, 2.05) is 13.0 Å². The average molecular weight is 219 g/mol. The van der Waals surface area contributed by atoms with Crippen LogP contribution in [-0.4, -0.2) is 0 Å². The van der Waals surface area contributed by atoms with Gasteiger partial charge >= 0.3 is 0 Å². The van der Waals surface area contributed by atoms with Crippen molar-refractivity contribution in [3.8, 4) is 5.75 Å². The summed E-state index contributed by atoms with van der Waals surface area (Å²) in [6, 6.07) is 4.10. The Morgan fingerprint density at radius 3 is 1.75 bits per heavy atom. The van der Waals surface area contributed by atoms with E-state index in [4.69, 9.17) is 0 Å². The van der Waals surface area contributed by atoms with Gasteiger partial charge in [-0.2, -0.15) is 0 Å². The van der Waals surface area contributed by atoms with Gasteiger partial charge in [0.25, 0.3) is 0 Å². The maximum absolute atomic E-state index is 12.1. The topological polar surface area (TPSA) is 23.1 Å². The third-order valence-electron chi connectivity index (χ3n) is 2.95. The molecule has 0 amide bonds. The van der Waals surface area contributed by atoms with E-state index in [9.17, 15) is 5.11 Å². The molecule has 1 heteroatoms. The van der Waals surface area contributed by atoms with E-state index in [2.05, 4.69) is 47.6 Å². The maximum Gasteiger partial charge on any atom is -0.0132 e. The van der Waals surface area contributed by atoms with Crippen LogP contribution < -0.4 is 5.11 Å². The largest absolute Gasteiger partial charge is 0.872 e. The molecule has 0 radical (unpaired) electrons. The molecule has 0 aliphatic rings. The summed E-state index contributed by atoms with van der Waals surface area (Å²) < 4.78 is 0. The number of aryl methyl sites for hydroxylation is 1. The molecular formula is C15H23O-. The Bertz CT molecular complexity index is 389. The van der Waals surface area contributed by atoms with Crippen molar-refractivity contribution < 1.29 is 5.11 Å². The normalized spacial score (nSPS) is 12.9. The lowest BCUT2D eigenvalue weighted by Crippen LogP contribution is -2.19. The first-order chi connectivity index (χ1) is 7.03. The van der Waals surface area contributed by atoms with E-state index in [0.717, 1.165) is 11.1 Å². The summed E-state index contributed by atoms with van der Waals surface area (Å²) in [5, 5.41) is 12.1. The summed E-state index contributed by atoms with van der Waals surface area (Å²) in [5.41, 5.74) is 3.05. The zero-order valence-corrected chi connectivity index (χ0v) is 11.6. The fourth-order valence-electron chi connectivity index (χ4n) is 1.76. The van der Waals surface area contributed by atoms with Crippen LogP contribution in [0.25, 0.3) is 0 Å². The molecule has 0 bridgehead atoms. The van der Waals surface area contributed by atoms with Gasteiger partial charge in [0.1, 0.15) is 0 Å². The van der Waals surface area contributed by atoms with E-state index in [1.165, 1.54) is 5.56 Å². The van der Waals surface area contributed by atoms with Gasteiger partial charge in [-0.3, -0.25) is 0 Å². The summed E-state index contributed by atoms with van der Waals surface area (Å²) in [7, 11) is 0. The number of hydrogen-bond acceptors (Lipinski definition) is 1. The predicted molar refractivity (Wildman–Crippen MR) is 68.0 cm³/mol. The summed E-state index contributed by atoms with van der Waals surface area (Å²) in [5.74, 6) is 0.195. The number of hydrogen-bond donors (Lipinski definition) is 0. The molecule has 0 aliphatic carbocycles. The van der Waals surface area contributed by atoms with Crippen LogP contribution in [0.1, 0.15) is 58.2 Å². The van der Waals surface area contributed by atoms with Crippen molar-refractivity contribution >= 4 is 0 Å². The van der Waals surface area contributed by atoms with Crippen molar-refractivity contribution in [3.05, 3.63) is 28.8 Å². The molecule has 0 aromatic heterocycles. The summed E-state index contributed by atoms with van der Waals surface area (Å²) in [6.45, 7) is 14.7. The van der Waals surface area contributed by atoms with Crippen molar-refractivity contribution in [3.63, 3.8) is 0 Å². The molecular weight excluding hydrogens is 196 g/mol. The highest BCUT2D eigenvalue weighted by Crippen LogP contribution is 2.35. The molecule has 1 aromatic rings. The lowest BCUT2D eigenvalue weighted by molar-refractivity contribution is -0.271. The Labute approximate surface area is 99.5 Å². The van der Waals surface area contributed by atoms with Crippen LogP contribution in [0, 0.1) is 6.92 Å². The second-order valence-corrected chi connectivity index (χ2v) is 6.67. The van der Waals surface area contributed by atoms with E-state index in [-0.39, 0.29) is 16.6 Å². The predicted octanol–water partition coefficient (Wildman–Crippen LogP) is 3.66. The standard InChI is InChI=1S/C15H24O/c1-10-8-11(14(2,3)4)9-12(13(10)16)15(5,6)7/h8-9,16H,1-7H3/p-1. The fourth-order valence-corrected chi connectivity index (χ4v) is 1.76. The van der Waals surface area contributed by atoms with E-state index >= 15 is 0 Å². The van der Waals surface area contributed by atoms with Crippen molar-refractivity contribution in [1.82, 2.24) is 0 Å². The molecule has 0 saturated heterocycles. The minimum Gasteiger partial charge on any atom is -0.872 e. The van der Waals surface area contributed by atoms with Crippen molar-refractivity contribution in [2.75, 3.05) is 0 Å². The smallest absolute Gasteiger partial charge is 0.0132 e. The van der Waals surface area contributed by atoms with Crippen molar-refractivity contribution in [2.45, 2.75) is 59.3 Å². The highest BCUT2D eigenvalue weighted by atomic mass is 16.3. The monoisotopic (exact) mass is 219 g/mol. The van der Waals surface area contributed by atoms with Gasteiger partial charge in [0.2, 0.25) is 0 Å². The zero-order chi connectivity index (χ0) is 12.7. The number of rotatable bonds is 0. The summed E-state index contributed by atoms with van der Waals surface area (Å²) >= 11 is 0. The Balaban J connectivity index is 3.46. The van der Waals surface area contributed by atoms with E-state index < -0.39 is 0 Å². The number of benzene rings is 1. The Morgan fingerprint density at radius 2 is 1.38 bits per heavy atom. The van der Waals surface area contributed by atoms with Gasteiger partial charge < -0.3 is 5.11 Å². The molecule has 1 rings (SSSR count). The molecule has 0 aliphatic heterocycles. The van der Waals surface area contributed by atoms with E-state index in [1.54, 1.807) is 0 Å². The summed E-state index contributed by atoms with van der Waals surface area (Å²) in [6.07, 6.45) is 0. The molecule has 1 nitrogen and oxygen atoms in total. The maximum atomic E-state index is 12.1. The molecule has 0 N–H and O–H groups in total. The van der Waals surface area contributed by atoms with Gasteiger partial charge in [-0.1, -0.05) is 59.2 Å². The third kappa shape index (κ3) is 2.58. The molecule has 16 heavy (non-hydrogen) atoms. The minimum absolute atomic E-state index is 0.0803. The fraction of sp³-hybridized carbons (Fsp3) is 0.600. The van der Waals surface area contributed by atoms with Gasteiger partial charge in [0.15, 0.2) is 0 Å². The van der Waals surface area contributed by atoms with Crippen LogP contribution >= 0.6 is 0 Å². The van der Waals surface area contributed by atoms with Crippen LogP contribution in [-0.2, 0) is 10.8 Å². The minimum atomic E-state index is -0.0803. The second-order valence-electron chi connectivity index (χ2n) is 6.67. The summed E-state index contributed by atoms with van der Waals surface area (Å²) in [4.78, 5) is 0. The molecule has 0 atom stereocenters. The lowest BCUT2D eigenvalue weighted by atomic mass is 9.79. The zero-order valence-electron chi connectivity index (χ0n) is 11.6. The molecule has 0 fully saturated rings. The van der Waals surface area contributed by atoms with Crippen molar-refractivity contribution in [2.24, 2.45) is 0 Å². The average Bonchev–Trinajstić information content (AvgIpc) is 2.05. The molecule has 90 valence electrons. The Hall–Kier alpha value is -0.980. The van der Waals surface area contributed by atoms with E-state index in [0.29, 0.717) is 0 Å². The van der Waals surface area contributed by atoms with Crippen LogP contribution in [0.15, 0.2) is 12.1 Å². The van der Waals surface area contributed by atoms with Gasteiger partial charge in [0, 0.05) is 0 Å². The molecule has 1 aromatic carbocycles. The quantitative estimate of drug-likeness (QED) is 0.653. The third-order valence-corrected chi connectivity index (χ3v) is 2.95. The lowest BCUT2D eigenvalue weighted by Gasteiger charge is -2.31. The SMILES string of the molecule is Cc1cc(C(C)(C)C)cc(C(C)(C)C)c1[O-]. The van der Waals surface area contributed by atoms with Gasteiger partial charge in [-0.25, -0.2) is 0 Å². The first kappa shape index (κ1) is 13.1. The van der Waals surface area contributed by atoms with Crippen LogP contribution in [0.5, 0.6) is 5.75 Å². The Morgan fingerprint density at radius 1 is 0.875 bits per heavy atom. The molecule has 0 spiro atoms. The first-order valence-electron chi connectivity index (χ1n) is 5.86. The van der Waals surface area contributed by atoms with Crippen LogP contribution in [0.3, 0.4) is 0 Å². The van der Waals surface area contributed by atoms with Gasteiger partial charge in [-0.15, -0.1) is 5.75 Å². The first-order valence-corrected chi connectivity index (χ1v) is 5.86. The van der Waals surface area contributed by atoms with Crippen LogP contribution in [0.2, 0.25) is 0 Å². The van der Waals surface area contributed by atoms with Gasteiger partial charge in [0.05, 0.1) is 0 Å². The molecule has 0 unspecified atom stereocenters. The highest BCUT2D eigenvalue weighted by molar-refractivity contribution is 5.47. The second kappa shape index (κ2) is 3.80. The highest BCUT2D eigenvalue weighted by Gasteiger charge is 2.20. The molecule has 0 heterocycles.